The second-order valence-electron chi connectivity index (χ2n) is 3.79. The number of rotatable bonds is 3. The first kappa shape index (κ1) is 13.4. The van der Waals surface area contributed by atoms with Gasteiger partial charge in [-0.1, -0.05) is 18.1 Å². The number of H-pyrrole nitrogens is 1. The lowest BCUT2D eigenvalue weighted by Crippen LogP contribution is -2.13. The zero-order chi connectivity index (χ0) is 14.4. The molecular formula is C14H11N3O3. The number of anilines is 1. The average molecular weight is 269 g/mol. The maximum absolute atomic E-state index is 11.3. The van der Waals surface area contributed by atoms with Crippen LogP contribution in [0, 0.1) is 12.3 Å². The summed E-state index contributed by atoms with van der Waals surface area (Å²) in [6.07, 6.45) is 4.36. The number of amides is 1. The summed E-state index contributed by atoms with van der Waals surface area (Å²) in [6, 6.07) is 9.92. The van der Waals surface area contributed by atoms with Crippen molar-refractivity contribution in [1.29, 1.82) is 0 Å². The van der Waals surface area contributed by atoms with Gasteiger partial charge in [0.25, 0.3) is 5.56 Å². The van der Waals surface area contributed by atoms with Crippen molar-refractivity contribution in [2.45, 2.75) is 0 Å². The highest BCUT2D eigenvalue weighted by molar-refractivity contribution is 5.85. The first-order chi connectivity index (χ1) is 9.69. The fraction of sp³-hybridized carbons (Fsp3) is 0.0714. The molecule has 20 heavy (non-hydrogen) atoms. The first-order valence-corrected chi connectivity index (χ1v) is 5.72. The second-order valence-corrected chi connectivity index (χ2v) is 3.79. The lowest BCUT2D eigenvalue weighted by molar-refractivity contribution is 0.176. The minimum Gasteiger partial charge on any atom is -0.436 e. The molecule has 0 fully saturated rings. The molecule has 6 heteroatoms. The van der Waals surface area contributed by atoms with Gasteiger partial charge in [0, 0.05) is 17.3 Å². The Labute approximate surface area is 114 Å². The predicted octanol–water partition coefficient (Wildman–Crippen LogP) is 1.62. The molecule has 0 spiro atoms. The van der Waals surface area contributed by atoms with E-state index in [1.54, 1.807) is 30.3 Å². The van der Waals surface area contributed by atoms with E-state index in [1.165, 1.54) is 6.07 Å². The summed E-state index contributed by atoms with van der Waals surface area (Å²) in [4.78, 5) is 22.2. The van der Waals surface area contributed by atoms with Crippen LogP contribution in [0.25, 0.3) is 11.3 Å². The van der Waals surface area contributed by atoms with Crippen molar-refractivity contribution in [2.75, 3.05) is 11.9 Å². The minimum atomic E-state index is -0.613. The van der Waals surface area contributed by atoms with Crippen molar-refractivity contribution in [3.05, 3.63) is 46.8 Å². The number of hydrogen-bond donors (Lipinski definition) is 2. The fourth-order valence-electron chi connectivity index (χ4n) is 1.49. The quantitative estimate of drug-likeness (QED) is 0.829. The van der Waals surface area contributed by atoms with Crippen LogP contribution in [0.5, 0.6) is 0 Å². The van der Waals surface area contributed by atoms with Crippen molar-refractivity contribution in [3.63, 3.8) is 0 Å². The van der Waals surface area contributed by atoms with Crippen molar-refractivity contribution >= 4 is 11.8 Å². The first-order valence-electron chi connectivity index (χ1n) is 5.72. The van der Waals surface area contributed by atoms with E-state index in [2.05, 4.69) is 26.2 Å². The molecule has 0 unspecified atom stereocenters. The zero-order valence-corrected chi connectivity index (χ0v) is 10.4. The number of aromatic amines is 1. The number of carbonyl (C=O) groups excluding carboxylic acids is 1. The molecule has 1 amide bonds. The number of ether oxygens (including phenoxy) is 1. The molecule has 1 aromatic carbocycles. The number of nitrogens with zero attached hydrogens (tertiary/aromatic N) is 1. The van der Waals surface area contributed by atoms with Crippen LogP contribution in [0.2, 0.25) is 0 Å². The predicted molar refractivity (Wildman–Crippen MR) is 74.1 cm³/mol. The third kappa shape index (κ3) is 3.46. The molecule has 0 bridgehead atoms. The minimum absolute atomic E-state index is 0.0782. The molecule has 0 saturated heterocycles. The van der Waals surface area contributed by atoms with Crippen LogP contribution in [-0.4, -0.2) is 22.9 Å². The van der Waals surface area contributed by atoms with Crippen LogP contribution < -0.4 is 10.9 Å². The number of carbonyl (C=O) groups is 1. The summed E-state index contributed by atoms with van der Waals surface area (Å²) in [6.45, 7) is -0.0782. The van der Waals surface area contributed by atoms with Crippen LogP contribution in [0.3, 0.4) is 0 Å². The molecule has 1 heterocycles. The summed E-state index contributed by atoms with van der Waals surface area (Å²) >= 11 is 0. The van der Waals surface area contributed by atoms with Gasteiger partial charge in [0.2, 0.25) is 0 Å². The van der Waals surface area contributed by atoms with E-state index in [0.717, 1.165) is 5.56 Å². The Morgan fingerprint density at radius 1 is 1.30 bits per heavy atom. The summed E-state index contributed by atoms with van der Waals surface area (Å²) < 4.78 is 4.68. The van der Waals surface area contributed by atoms with Crippen LogP contribution in [-0.2, 0) is 4.74 Å². The van der Waals surface area contributed by atoms with E-state index in [1.807, 2.05) is 0 Å². The van der Waals surface area contributed by atoms with Gasteiger partial charge in [0.15, 0.2) is 6.61 Å². The molecule has 2 N–H and O–H groups in total. The monoisotopic (exact) mass is 269 g/mol. The summed E-state index contributed by atoms with van der Waals surface area (Å²) in [5.74, 6) is 2.20. The van der Waals surface area contributed by atoms with Gasteiger partial charge < -0.3 is 4.74 Å². The Morgan fingerprint density at radius 2 is 2.05 bits per heavy atom. The Morgan fingerprint density at radius 3 is 2.65 bits per heavy atom. The smallest absolute Gasteiger partial charge is 0.412 e. The maximum atomic E-state index is 11.3. The van der Waals surface area contributed by atoms with E-state index >= 15 is 0 Å². The lowest BCUT2D eigenvalue weighted by atomic mass is 10.1. The average Bonchev–Trinajstić information content (AvgIpc) is 2.47. The number of terminal acetylenes is 1. The van der Waals surface area contributed by atoms with E-state index in [-0.39, 0.29) is 12.2 Å². The van der Waals surface area contributed by atoms with Gasteiger partial charge in [-0.2, -0.15) is 5.10 Å². The number of hydrogen-bond acceptors (Lipinski definition) is 4. The fourth-order valence-corrected chi connectivity index (χ4v) is 1.49. The molecule has 0 saturated carbocycles. The van der Waals surface area contributed by atoms with Crippen molar-refractivity contribution in [2.24, 2.45) is 0 Å². The van der Waals surface area contributed by atoms with Gasteiger partial charge in [-0.25, -0.2) is 9.89 Å². The SMILES string of the molecule is C#CCOC(=O)Nc1ccc(-c2ccc(=O)[nH]n2)cc1. The molecule has 1 aromatic heterocycles. The summed E-state index contributed by atoms with van der Waals surface area (Å²) in [5, 5.41) is 8.79. The highest BCUT2D eigenvalue weighted by atomic mass is 16.5. The maximum Gasteiger partial charge on any atom is 0.412 e. The third-order valence-electron chi connectivity index (χ3n) is 2.39. The molecule has 100 valence electrons. The van der Waals surface area contributed by atoms with Gasteiger partial charge in [0.1, 0.15) is 0 Å². The molecule has 0 aliphatic carbocycles. The molecule has 0 radical (unpaired) electrons. The van der Waals surface area contributed by atoms with Gasteiger partial charge in [-0.3, -0.25) is 10.1 Å². The highest BCUT2D eigenvalue weighted by Crippen LogP contribution is 2.18. The number of aromatic nitrogens is 2. The topological polar surface area (TPSA) is 84.1 Å². The molecule has 0 atom stereocenters. The number of benzene rings is 1. The van der Waals surface area contributed by atoms with Crippen LogP contribution in [0.15, 0.2) is 41.2 Å². The van der Waals surface area contributed by atoms with Crippen molar-refractivity contribution in [3.8, 4) is 23.6 Å². The normalized spacial score (nSPS) is 9.55. The Bertz CT molecular complexity index is 678. The molecule has 2 aromatic rings. The van der Waals surface area contributed by atoms with Crippen LogP contribution in [0.4, 0.5) is 10.5 Å². The zero-order valence-electron chi connectivity index (χ0n) is 10.4. The lowest BCUT2D eigenvalue weighted by Gasteiger charge is -2.05. The van der Waals surface area contributed by atoms with Gasteiger partial charge in [-0.15, -0.1) is 6.42 Å². The second kappa shape index (κ2) is 6.20. The standard InChI is InChI=1S/C14H11N3O3/c1-2-9-20-14(19)15-11-5-3-10(4-6-11)12-7-8-13(18)17-16-12/h1,3-8H,9H2,(H,15,19)(H,17,18). The highest BCUT2D eigenvalue weighted by Gasteiger charge is 2.03. The van der Waals surface area contributed by atoms with Crippen LogP contribution in [0.1, 0.15) is 0 Å². The molecule has 2 rings (SSSR count). The third-order valence-corrected chi connectivity index (χ3v) is 2.39. The summed E-state index contributed by atoms with van der Waals surface area (Å²) in [5.41, 5.74) is 1.75. The van der Waals surface area contributed by atoms with Crippen molar-refractivity contribution in [1.82, 2.24) is 10.2 Å². The Balaban J connectivity index is 2.07. The summed E-state index contributed by atoms with van der Waals surface area (Å²) in [7, 11) is 0. The molecule has 0 aliphatic rings. The van der Waals surface area contributed by atoms with Gasteiger partial charge in [0.05, 0.1) is 5.69 Å². The Hall–Kier alpha value is -3.07. The van der Waals surface area contributed by atoms with E-state index in [9.17, 15) is 9.59 Å². The molecule has 0 aliphatic heterocycles. The molecule has 6 nitrogen and oxygen atoms in total. The van der Waals surface area contributed by atoms with Crippen LogP contribution >= 0.6 is 0 Å². The number of nitrogens with one attached hydrogen (secondary N) is 2. The largest absolute Gasteiger partial charge is 0.436 e. The van der Waals surface area contributed by atoms with E-state index < -0.39 is 6.09 Å². The van der Waals surface area contributed by atoms with Crippen molar-refractivity contribution < 1.29 is 9.53 Å². The van der Waals surface area contributed by atoms with E-state index in [0.29, 0.717) is 11.4 Å². The van der Waals surface area contributed by atoms with Gasteiger partial charge in [-0.05, 0) is 18.2 Å². The molecular weight excluding hydrogens is 258 g/mol. The van der Waals surface area contributed by atoms with Gasteiger partial charge >= 0.3 is 6.09 Å². The Kier molecular flexibility index (Phi) is 4.14. The van der Waals surface area contributed by atoms with E-state index in [4.69, 9.17) is 6.42 Å².